The number of para-hydroxylation sites is 1. The first-order chi connectivity index (χ1) is 12.7. The van der Waals surface area contributed by atoms with Gasteiger partial charge >= 0.3 is 0 Å². The quantitative estimate of drug-likeness (QED) is 0.530. The number of fused-ring (bicyclic) bond motifs is 2. The van der Waals surface area contributed by atoms with E-state index in [1.165, 1.54) is 22.4 Å². The number of anilines is 2. The average Bonchev–Trinajstić information content (AvgIpc) is 3.26. The second-order valence-electron chi connectivity index (χ2n) is 6.50. The van der Waals surface area contributed by atoms with Gasteiger partial charge in [0.2, 0.25) is 0 Å². The van der Waals surface area contributed by atoms with Crippen LogP contribution >= 0.6 is 11.3 Å². The molecule has 2 aromatic carbocycles. The van der Waals surface area contributed by atoms with Crippen molar-refractivity contribution in [3.63, 3.8) is 0 Å². The van der Waals surface area contributed by atoms with Gasteiger partial charge in [-0.2, -0.15) is 4.98 Å². The Kier molecular flexibility index (Phi) is 3.56. The predicted octanol–water partition coefficient (Wildman–Crippen LogP) is 4.21. The zero-order valence-electron chi connectivity index (χ0n) is 14.3. The topological polar surface area (TPSA) is 45.4 Å². The van der Waals surface area contributed by atoms with E-state index >= 15 is 0 Å². The second-order valence-corrected chi connectivity index (χ2v) is 7.51. The van der Waals surface area contributed by atoms with E-state index in [0.29, 0.717) is 17.1 Å². The molecule has 7 heteroatoms. The average molecular weight is 368 g/mol. The predicted molar refractivity (Wildman–Crippen MR) is 103 cm³/mol. The van der Waals surface area contributed by atoms with Crippen molar-refractivity contribution in [1.82, 2.24) is 9.97 Å². The van der Waals surface area contributed by atoms with Gasteiger partial charge in [0.15, 0.2) is 10.7 Å². The highest BCUT2D eigenvalue weighted by Crippen LogP contribution is 2.31. The van der Waals surface area contributed by atoms with Crippen molar-refractivity contribution in [2.24, 2.45) is 0 Å². The van der Waals surface area contributed by atoms with Gasteiger partial charge in [-0.05, 0) is 30.7 Å². The molecule has 3 heterocycles. The maximum Gasteiger partial charge on any atom is 0.298 e. The molecule has 4 aromatic rings. The first-order valence-electron chi connectivity index (χ1n) is 8.59. The molecule has 0 N–H and O–H groups in total. The lowest BCUT2D eigenvalue weighted by atomic mass is 10.2. The lowest BCUT2D eigenvalue weighted by Gasteiger charge is -2.33. The summed E-state index contributed by atoms with van der Waals surface area (Å²) in [5.41, 5.74) is 3.48. The van der Waals surface area contributed by atoms with Crippen LogP contribution < -0.4 is 9.80 Å². The molecule has 0 radical (unpaired) electrons. The molecular weight excluding hydrogens is 351 g/mol. The number of thiazole rings is 1. The zero-order valence-corrected chi connectivity index (χ0v) is 15.1. The van der Waals surface area contributed by atoms with Crippen LogP contribution in [0.25, 0.3) is 21.3 Å². The number of oxazole rings is 1. The fourth-order valence-corrected chi connectivity index (χ4v) is 4.42. The molecule has 0 atom stereocenters. The Hall–Kier alpha value is -2.67. The van der Waals surface area contributed by atoms with E-state index in [9.17, 15) is 4.39 Å². The highest BCUT2D eigenvalue weighted by Gasteiger charge is 2.23. The summed E-state index contributed by atoms with van der Waals surface area (Å²) in [5.74, 6) is -0.309. The summed E-state index contributed by atoms with van der Waals surface area (Å²) in [5, 5.41) is 1.06. The minimum Gasteiger partial charge on any atom is -0.423 e. The monoisotopic (exact) mass is 368 g/mol. The second kappa shape index (κ2) is 5.95. The first kappa shape index (κ1) is 15.6. The van der Waals surface area contributed by atoms with Crippen LogP contribution in [0.5, 0.6) is 0 Å². The van der Waals surface area contributed by atoms with E-state index in [2.05, 4.69) is 39.9 Å². The molecule has 1 saturated heterocycles. The molecular formula is C19H17FN4OS. The highest BCUT2D eigenvalue weighted by atomic mass is 32.1. The Morgan fingerprint density at radius 3 is 2.65 bits per heavy atom. The molecule has 0 bridgehead atoms. The molecule has 0 saturated carbocycles. The number of aryl methyl sites for hydroxylation is 1. The summed E-state index contributed by atoms with van der Waals surface area (Å²) in [4.78, 5) is 13.7. The Morgan fingerprint density at radius 2 is 1.85 bits per heavy atom. The minimum absolute atomic E-state index is 0.309. The molecule has 0 aliphatic carbocycles. The third-order valence-electron chi connectivity index (χ3n) is 4.77. The normalized spacial score (nSPS) is 15.3. The van der Waals surface area contributed by atoms with Crippen LogP contribution in [-0.4, -0.2) is 36.1 Å². The van der Waals surface area contributed by atoms with Gasteiger partial charge in [-0.25, -0.2) is 9.37 Å². The lowest BCUT2D eigenvalue weighted by Crippen LogP contribution is -2.46. The van der Waals surface area contributed by atoms with Gasteiger partial charge in [-0.15, -0.1) is 0 Å². The fourth-order valence-electron chi connectivity index (χ4n) is 3.32. The highest BCUT2D eigenvalue weighted by molar-refractivity contribution is 7.22. The van der Waals surface area contributed by atoms with Crippen molar-refractivity contribution >= 4 is 43.8 Å². The Balaban J connectivity index is 1.35. The van der Waals surface area contributed by atoms with Gasteiger partial charge in [-0.1, -0.05) is 23.5 Å². The summed E-state index contributed by atoms with van der Waals surface area (Å²) in [6, 6.07) is 11.3. The van der Waals surface area contributed by atoms with Crippen LogP contribution in [0, 0.1) is 12.7 Å². The first-order valence-corrected chi connectivity index (χ1v) is 9.41. The summed E-state index contributed by atoms with van der Waals surface area (Å²) in [7, 11) is 0. The fraction of sp³-hybridized carbons (Fsp3) is 0.263. The van der Waals surface area contributed by atoms with Crippen LogP contribution in [0.3, 0.4) is 0 Å². The molecule has 0 amide bonds. The number of rotatable bonds is 2. The number of halogens is 1. The number of aromatic nitrogens is 2. The Morgan fingerprint density at radius 1 is 1.04 bits per heavy atom. The largest absolute Gasteiger partial charge is 0.423 e. The molecule has 2 aromatic heterocycles. The van der Waals surface area contributed by atoms with Gasteiger partial charge in [0.1, 0.15) is 11.3 Å². The number of hydrogen-bond donors (Lipinski definition) is 0. The Labute approximate surface area is 153 Å². The third kappa shape index (κ3) is 2.59. The van der Waals surface area contributed by atoms with Gasteiger partial charge in [0, 0.05) is 32.2 Å². The molecule has 5 nitrogen and oxygen atoms in total. The van der Waals surface area contributed by atoms with E-state index in [1.54, 1.807) is 17.4 Å². The van der Waals surface area contributed by atoms with E-state index in [1.807, 2.05) is 0 Å². The summed E-state index contributed by atoms with van der Waals surface area (Å²) in [6.45, 7) is 5.40. The molecule has 0 spiro atoms. The van der Waals surface area contributed by atoms with E-state index < -0.39 is 0 Å². The number of nitrogens with zero attached hydrogens (tertiary/aromatic N) is 4. The summed E-state index contributed by atoms with van der Waals surface area (Å²) >= 11 is 1.74. The molecule has 1 aliphatic rings. The van der Waals surface area contributed by atoms with E-state index in [-0.39, 0.29) is 5.82 Å². The number of piperazine rings is 1. The van der Waals surface area contributed by atoms with Crippen LogP contribution in [-0.2, 0) is 0 Å². The van der Waals surface area contributed by atoms with Gasteiger partial charge in [0.05, 0.1) is 10.2 Å². The van der Waals surface area contributed by atoms with Crippen molar-refractivity contribution in [2.75, 3.05) is 36.0 Å². The molecule has 132 valence electrons. The maximum absolute atomic E-state index is 13.3. The van der Waals surface area contributed by atoms with Crippen LogP contribution in [0.15, 0.2) is 40.8 Å². The number of benzene rings is 2. The van der Waals surface area contributed by atoms with Crippen molar-refractivity contribution in [2.45, 2.75) is 6.92 Å². The standard InChI is InChI=1S/C19H17FN4OS/c1-12-3-2-4-16-17(12)22-19(26-16)24-9-7-23(8-10-24)18-21-14-6-5-13(20)11-15(14)25-18/h2-6,11H,7-10H2,1H3. The number of hydrogen-bond acceptors (Lipinski definition) is 6. The van der Waals surface area contributed by atoms with Crippen LogP contribution in [0.4, 0.5) is 15.5 Å². The van der Waals surface area contributed by atoms with Crippen molar-refractivity contribution in [1.29, 1.82) is 0 Å². The molecule has 26 heavy (non-hydrogen) atoms. The SMILES string of the molecule is Cc1cccc2sc(N3CCN(c4nc5ccc(F)cc5o4)CC3)nc12. The van der Waals surface area contributed by atoms with Gasteiger partial charge in [-0.3, -0.25) is 0 Å². The maximum atomic E-state index is 13.3. The van der Waals surface area contributed by atoms with Crippen molar-refractivity contribution < 1.29 is 8.81 Å². The van der Waals surface area contributed by atoms with Gasteiger partial charge < -0.3 is 14.2 Å². The van der Waals surface area contributed by atoms with Crippen LogP contribution in [0.1, 0.15) is 5.56 Å². The smallest absolute Gasteiger partial charge is 0.298 e. The van der Waals surface area contributed by atoms with Crippen molar-refractivity contribution in [3.05, 3.63) is 47.8 Å². The van der Waals surface area contributed by atoms with Crippen LogP contribution in [0.2, 0.25) is 0 Å². The van der Waals surface area contributed by atoms with Gasteiger partial charge in [0.25, 0.3) is 6.01 Å². The van der Waals surface area contributed by atoms with E-state index in [0.717, 1.165) is 36.8 Å². The molecule has 1 aliphatic heterocycles. The summed E-state index contributed by atoms with van der Waals surface area (Å²) in [6.07, 6.45) is 0. The minimum atomic E-state index is -0.309. The third-order valence-corrected chi connectivity index (χ3v) is 5.85. The zero-order chi connectivity index (χ0) is 17.7. The summed E-state index contributed by atoms with van der Waals surface area (Å²) < 4.78 is 20.3. The molecule has 0 unspecified atom stereocenters. The van der Waals surface area contributed by atoms with E-state index in [4.69, 9.17) is 9.40 Å². The molecule has 5 rings (SSSR count). The van der Waals surface area contributed by atoms with Crippen molar-refractivity contribution in [3.8, 4) is 0 Å². The Bertz CT molecular complexity index is 1100. The molecule has 1 fully saturated rings. The lowest BCUT2D eigenvalue weighted by molar-refractivity contribution is 0.539.